The molecule has 0 radical (unpaired) electrons. The van der Waals surface area contributed by atoms with Gasteiger partial charge in [-0.2, -0.15) is 0 Å². The van der Waals surface area contributed by atoms with Crippen molar-refractivity contribution in [2.45, 2.75) is 0 Å². The number of H-pyrrole nitrogens is 1. The molecule has 3 heterocycles. The summed E-state index contributed by atoms with van der Waals surface area (Å²) in [6, 6.07) is 5.71. The van der Waals surface area contributed by atoms with Crippen molar-refractivity contribution in [3.05, 3.63) is 41.2 Å². The van der Waals surface area contributed by atoms with Gasteiger partial charge in [0.15, 0.2) is 16.1 Å². The van der Waals surface area contributed by atoms with E-state index in [1.54, 1.807) is 7.11 Å². The number of methoxy groups -OCH3 is 1. The molecule has 0 aliphatic rings. The van der Waals surface area contributed by atoms with Crippen LogP contribution in [0.1, 0.15) is 0 Å². The quantitative estimate of drug-likeness (QED) is 0.537. The Labute approximate surface area is 146 Å². The Morgan fingerprint density at radius 2 is 1.79 bits per heavy atom. The second-order valence-electron chi connectivity index (χ2n) is 4.94. The second-order valence-corrected chi connectivity index (χ2v) is 5.65. The van der Waals surface area contributed by atoms with E-state index in [1.165, 1.54) is 12.7 Å². The normalized spacial score (nSPS) is 11.1. The molecule has 3 aromatic heterocycles. The zero-order valence-electron chi connectivity index (χ0n) is 12.3. The van der Waals surface area contributed by atoms with E-state index in [4.69, 9.17) is 27.9 Å². The number of ether oxygens (including phenoxy) is 1. The molecule has 2 N–H and O–H groups in total. The van der Waals surface area contributed by atoms with Crippen molar-refractivity contribution in [3.8, 4) is 5.75 Å². The minimum atomic E-state index is 0.208. The van der Waals surface area contributed by atoms with Crippen LogP contribution in [0, 0.1) is 0 Å². The number of aromatic nitrogens is 5. The van der Waals surface area contributed by atoms with Crippen molar-refractivity contribution in [2.24, 2.45) is 0 Å². The van der Waals surface area contributed by atoms with Gasteiger partial charge >= 0.3 is 0 Å². The summed E-state index contributed by atoms with van der Waals surface area (Å²) in [7, 11) is 1.62. The molecule has 120 valence electrons. The zero-order chi connectivity index (χ0) is 16.7. The van der Waals surface area contributed by atoms with Crippen molar-refractivity contribution in [1.29, 1.82) is 0 Å². The molecule has 0 aliphatic heterocycles. The van der Waals surface area contributed by atoms with Gasteiger partial charge in [0.2, 0.25) is 0 Å². The van der Waals surface area contributed by atoms with Crippen LogP contribution in [-0.4, -0.2) is 32.0 Å². The van der Waals surface area contributed by atoms with Gasteiger partial charge in [-0.25, -0.2) is 19.9 Å². The molecule has 0 bridgehead atoms. The number of benzene rings is 1. The molecule has 4 aromatic rings. The standard InChI is InChI=1S/C15H10Cl2N6O/c1-24-7-2-3-9-8(4-7)10-11(22-9)15(21-5-18-10)23-12-13(16)19-6-20-14(12)17/h2-6,22H,1H3,(H,18,21,23). The van der Waals surface area contributed by atoms with Crippen LogP contribution >= 0.6 is 23.2 Å². The Balaban J connectivity index is 1.90. The van der Waals surface area contributed by atoms with E-state index in [-0.39, 0.29) is 10.3 Å². The maximum atomic E-state index is 6.08. The monoisotopic (exact) mass is 360 g/mol. The van der Waals surface area contributed by atoms with Gasteiger partial charge in [-0.3, -0.25) is 0 Å². The third-order valence-corrected chi connectivity index (χ3v) is 4.16. The molecule has 0 saturated carbocycles. The Bertz CT molecular complexity index is 1040. The summed E-state index contributed by atoms with van der Waals surface area (Å²) in [5, 5.41) is 4.41. The Hall–Kier alpha value is -2.64. The fourth-order valence-corrected chi connectivity index (χ4v) is 2.87. The summed E-state index contributed by atoms with van der Waals surface area (Å²) in [6.45, 7) is 0. The summed E-state index contributed by atoms with van der Waals surface area (Å²) >= 11 is 12.2. The van der Waals surface area contributed by atoms with Crippen molar-refractivity contribution < 1.29 is 4.74 Å². The number of nitrogens with zero attached hydrogens (tertiary/aromatic N) is 4. The first-order chi connectivity index (χ1) is 11.7. The Morgan fingerprint density at radius 1 is 1.04 bits per heavy atom. The van der Waals surface area contributed by atoms with Crippen LogP contribution in [-0.2, 0) is 0 Å². The molecule has 0 atom stereocenters. The molecule has 0 fully saturated rings. The third kappa shape index (κ3) is 2.38. The van der Waals surface area contributed by atoms with Crippen LogP contribution in [0.2, 0.25) is 10.3 Å². The largest absolute Gasteiger partial charge is 0.497 e. The van der Waals surface area contributed by atoms with Crippen molar-refractivity contribution in [2.75, 3.05) is 12.4 Å². The number of rotatable bonds is 3. The van der Waals surface area contributed by atoms with Crippen molar-refractivity contribution in [1.82, 2.24) is 24.9 Å². The Morgan fingerprint density at radius 3 is 2.54 bits per heavy atom. The highest BCUT2D eigenvalue weighted by Crippen LogP contribution is 2.33. The lowest BCUT2D eigenvalue weighted by Crippen LogP contribution is -1.99. The fraction of sp³-hybridized carbons (Fsp3) is 0.0667. The Kier molecular flexibility index (Phi) is 3.59. The van der Waals surface area contributed by atoms with Crippen LogP contribution in [0.4, 0.5) is 11.5 Å². The summed E-state index contributed by atoms with van der Waals surface area (Å²) in [5.74, 6) is 1.27. The molecule has 9 heteroatoms. The molecule has 0 saturated heterocycles. The highest BCUT2D eigenvalue weighted by Gasteiger charge is 2.15. The summed E-state index contributed by atoms with van der Waals surface area (Å²) < 4.78 is 5.27. The lowest BCUT2D eigenvalue weighted by molar-refractivity contribution is 0.415. The number of nitrogens with one attached hydrogen (secondary N) is 2. The number of anilines is 2. The molecule has 1 aromatic carbocycles. The maximum Gasteiger partial charge on any atom is 0.158 e. The minimum Gasteiger partial charge on any atom is -0.497 e. The molecular weight excluding hydrogens is 351 g/mol. The minimum absolute atomic E-state index is 0.208. The molecule has 0 amide bonds. The SMILES string of the molecule is COc1ccc2[nH]c3c(Nc4c(Cl)ncnc4Cl)ncnc3c2c1. The first-order valence-electron chi connectivity index (χ1n) is 6.91. The topological polar surface area (TPSA) is 88.6 Å². The number of hydrogen-bond acceptors (Lipinski definition) is 6. The molecule has 0 spiro atoms. The first kappa shape index (κ1) is 14.9. The highest BCUT2D eigenvalue weighted by atomic mass is 35.5. The van der Waals surface area contributed by atoms with Crippen molar-refractivity contribution >= 4 is 56.6 Å². The van der Waals surface area contributed by atoms with E-state index >= 15 is 0 Å². The second kappa shape index (κ2) is 5.77. The van der Waals surface area contributed by atoms with Gasteiger partial charge in [0.1, 0.15) is 35.1 Å². The van der Waals surface area contributed by atoms with Crippen LogP contribution in [0.3, 0.4) is 0 Å². The molecular formula is C15H10Cl2N6O. The summed E-state index contributed by atoms with van der Waals surface area (Å²) in [4.78, 5) is 19.7. The van der Waals surface area contributed by atoms with E-state index in [1.807, 2.05) is 18.2 Å². The highest BCUT2D eigenvalue weighted by molar-refractivity contribution is 6.37. The lowest BCUT2D eigenvalue weighted by Gasteiger charge is -2.08. The fourth-order valence-electron chi connectivity index (χ4n) is 2.46. The lowest BCUT2D eigenvalue weighted by atomic mass is 10.2. The molecule has 0 unspecified atom stereocenters. The smallest absolute Gasteiger partial charge is 0.158 e. The number of fused-ring (bicyclic) bond motifs is 3. The van der Waals surface area contributed by atoms with E-state index in [0.717, 1.165) is 27.7 Å². The summed E-state index contributed by atoms with van der Waals surface area (Å²) in [6.07, 6.45) is 2.75. The van der Waals surface area contributed by atoms with Gasteiger partial charge in [0, 0.05) is 10.9 Å². The van der Waals surface area contributed by atoms with E-state index in [0.29, 0.717) is 11.5 Å². The van der Waals surface area contributed by atoms with Gasteiger partial charge in [-0.05, 0) is 18.2 Å². The van der Waals surface area contributed by atoms with E-state index in [2.05, 4.69) is 30.2 Å². The number of hydrogen-bond donors (Lipinski definition) is 2. The van der Waals surface area contributed by atoms with Crippen LogP contribution < -0.4 is 10.1 Å². The van der Waals surface area contributed by atoms with Crippen LogP contribution in [0.15, 0.2) is 30.9 Å². The predicted molar refractivity (Wildman–Crippen MR) is 93.3 cm³/mol. The first-order valence-corrected chi connectivity index (χ1v) is 7.66. The molecule has 4 rings (SSSR count). The molecule has 7 nitrogen and oxygen atoms in total. The summed E-state index contributed by atoms with van der Waals surface area (Å²) in [5.41, 5.74) is 2.77. The van der Waals surface area contributed by atoms with Gasteiger partial charge in [0.05, 0.1) is 7.11 Å². The maximum absolute atomic E-state index is 6.08. The molecule has 0 aliphatic carbocycles. The van der Waals surface area contributed by atoms with Gasteiger partial charge in [0.25, 0.3) is 0 Å². The predicted octanol–water partition coefficient (Wildman–Crippen LogP) is 3.96. The zero-order valence-corrected chi connectivity index (χ0v) is 13.9. The number of aromatic amines is 1. The average Bonchev–Trinajstić information content (AvgIpc) is 2.97. The van der Waals surface area contributed by atoms with Gasteiger partial charge in [-0.1, -0.05) is 23.2 Å². The van der Waals surface area contributed by atoms with E-state index < -0.39 is 0 Å². The average molecular weight is 361 g/mol. The van der Waals surface area contributed by atoms with Gasteiger partial charge in [-0.15, -0.1) is 0 Å². The van der Waals surface area contributed by atoms with Crippen LogP contribution in [0.25, 0.3) is 21.9 Å². The number of halogens is 2. The van der Waals surface area contributed by atoms with Crippen LogP contribution in [0.5, 0.6) is 5.75 Å². The van der Waals surface area contributed by atoms with E-state index in [9.17, 15) is 0 Å². The third-order valence-electron chi connectivity index (χ3n) is 3.59. The van der Waals surface area contributed by atoms with Gasteiger partial charge < -0.3 is 15.0 Å². The van der Waals surface area contributed by atoms with Crippen molar-refractivity contribution in [3.63, 3.8) is 0 Å². The molecule has 24 heavy (non-hydrogen) atoms.